The van der Waals surface area contributed by atoms with Crippen molar-refractivity contribution in [2.24, 2.45) is 0 Å². The van der Waals surface area contributed by atoms with Gasteiger partial charge < -0.3 is 27.8 Å². The van der Waals surface area contributed by atoms with E-state index in [2.05, 4.69) is 33.9 Å². The van der Waals surface area contributed by atoms with Crippen LogP contribution in [0.25, 0.3) is 0 Å². The Morgan fingerprint density at radius 3 is 2.27 bits per heavy atom. The highest BCUT2D eigenvalue weighted by Gasteiger charge is 2.43. The maximum atomic E-state index is 10.4. The van der Waals surface area contributed by atoms with Crippen molar-refractivity contribution in [1.29, 1.82) is 0 Å². The molecule has 154 valence electrons. The second kappa shape index (κ2) is 8.97. The molecular formula is C17H35O6PSSi. The lowest BCUT2D eigenvalue weighted by atomic mass is 10.1. The van der Waals surface area contributed by atoms with Gasteiger partial charge in [-0.2, -0.15) is 0 Å². The molecule has 5 atom stereocenters. The number of hydrogen-bond acceptors (Lipinski definition) is 6. The maximum Gasteiger partial charge on any atom is 0.324 e. The molecule has 2 aliphatic rings. The Labute approximate surface area is 164 Å². The van der Waals surface area contributed by atoms with Gasteiger partial charge in [0, 0.05) is 19.6 Å². The third-order valence-electron chi connectivity index (χ3n) is 5.62. The van der Waals surface area contributed by atoms with Crippen LogP contribution in [0, 0.1) is 0 Å². The molecule has 2 heterocycles. The summed E-state index contributed by atoms with van der Waals surface area (Å²) in [6.07, 6.45) is 1.94. The fourth-order valence-corrected chi connectivity index (χ4v) is 5.85. The Kier molecular flexibility index (Phi) is 7.90. The minimum Gasteiger partial charge on any atom is -0.411 e. The summed E-state index contributed by atoms with van der Waals surface area (Å²) in [5.74, 6) is 0. The van der Waals surface area contributed by atoms with Crippen molar-refractivity contribution in [2.75, 3.05) is 19.8 Å². The van der Waals surface area contributed by atoms with E-state index in [0.29, 0.717) is 13.2 Å². The molecule has 0 aliphatic carbocycles. The lowest BCUT2D eigenvalue weighted by molar-refractivity contribution is 0.00139. The molecule has 0 radical (unpaired) electrons. The smallest absolute Gasteiger partial charge is 0.324 e. The second-order valence-corrected chi connectivity index (χ2v) is 16.2. The summed E-state index contributed by atoms with van der Waals surface area (Å²) in [6.45, 7) is 11.3. The molecule has 2 saturated heterocycles. The third kappa shape index (κ3) is 6.06. The quantitative estimate of drug-likeness (QED) is 0.465. The van der Waals surface area contributed by atoms with E-state index in [0.717, 1.165) is 19.3 Å². The van der Waals surface area contributed by atoms with Crippen LogP contribution in [-0.4, -0.2) is 57.4 Å². The van der Waals surface area contributed by atoms with Crippen LogP contribution in [0.2, 0.25) is 18.1 Å². The number of rotatable bonds is 8. The van der Waals surface area contributed by atoms with E-state index in [9.17, 15) is 4.89 Å². The van der Waals surface area contributed by atoms with E-state index in [1.807, 2.05) is 6.92 Å². The van der Waals surface area contributed by atoms with E-state index < -0.39 is 15.0 Å². The van der Waals surface area contributed by atoms with Crippen LogP contribution in [0.1, 0.15) is 47.0 Å². The first kappa shape index (κ1) is 22.9. The first-order chi connectivity index (χ1) is 12.0. The molecule has 1 N–H and O–H groups in total. The van der Waals surface area contributed by atoms with Crippen molar-refractivity contribution in [3.05, 3.63) is 0 Å². The average molecular weight is 427 g/mol. The molecule has 0 amide bonds. The van der Waals surface area contributed by atoms with E-state index in [4.69, 9.17) is 34.8 Å². The summed E-state index contributed by atoms with van der Waals surface area (Å²) < 4.78 is 29.2. The minimum atomic E-state index is -3.33. The standard InChI is InChI=1S/C17H35O6PSSi/c1-7-13-14(8-10-19-13)22-24(18,25)21-12-16-15(9-11-20-16)23-26(5,6)17(2,3)4/h13-16H,7-12H2,1-6H3,(H,18,25)/t13-,14?,15?,16-,24?/m1/s1. The van der Waals surface area contributed by atoms with E-state index in [1.165, 1.54) is 0 Å². The SMILES string of the molecule is CC[C@H]1OCCC1OP(O)(=S)OC[C@H]1OCCC1O[Si](C)(C)C(C)(C)C. The third-order valence-corrected chi connectivity index (χ3v) is 11.7. The normalized spacial score (nSPS) is 32.7. The van der Waals surface area contributed by atoms with Gasteiger partial charge in [-0.3, -0.25) is 0 Å². The van der Waals surface area contributed by atoms with Gasteiger partial charge in [-0.1, -0.05) is 27.7 Å². The topological polar surface area (TPSA) is 66.4 Å². The van der Waals surface area contributed by atoms with E-state index in [-0.39, 0.29) is 36.1 Å². The molecule has 26 heavy (non-hydrogen) atoms. The molecule has 3 unspecified atom stereocenters. The predicted octanol–water partition coefficient (Wildman–Crippen LogP) is 3.98. The summed E-state index contributed by atoms with van der Waals surface area (Å²) in [4.78, 5) is 10.4. The molecule has 0 saturated carbocycles. The van der Waals surface area contributed by atoms with Crippen LogP contribution >= 0.6 is 6.72 Å². The van der Waals surface area contributed by atoms with Crippen molar-refractivity contribution in [1.82, 2.24) is 0 Å². The molecular weight excluding hydrogens is 391 g/mol. The van der Waals surface area contributed by atoms with Crippen LogP contribution in [-0.2, 0) is 34.8 Å². The Morgan fingerprint density at radius 1 is 1.12 bits per heavy atom. The van der Waals surface area contributed by atoms with Gasteiger partial charge in [0.2, 0.25) is 0 Å². The lowest BCUT2D eigenvalue weighted by Gasteiger charge is -2.39. The highest BCUT2D eigenvalue weighted by Crippen LogP contribution is 2.48. The molecule has 0 aromatic heterocycles. The van der Waals surface area contributed by atoms with Crippen molar-refractivity contribution >= 4 is 26.8 Å². The zero-order chi connectivity index (χ0) is 19.6. The fourth-order valence-electron chi connectivity index (χ4n) is 2.97. The van der Waals surface area contributed by atoms with Crippen LogP contribution in [0.3, 0.4) is 0 Å². The molecule has 0 aromatic rings. The van der Waals surface area contributed by atoms with Crippen molar-refractivity contribution < 1.29 is 27.8 Å². The first-order valence-electron chi connectivity index (χ1n) is 9.52. The van der Waals surface area contributed by atoms with E-state index in [1.54, 1.807) is 0 Å². The summed E-state index contributed by atoms with van der Waals surface area (Å²) in [5.41, 5.74) is 0. The zero-order valence-electron chi connectivity index (χ0n) is 16.9. The van der Waals surface area contributed by atoms with Gasteiger partial charge in [0.05, 0.1) is 24.9 Å². The fraction of sp³-hybridized carbons (Fsp3) is 1.00. The Morgan fingerprint density at radius 2 is 1.69 bits per heavy atom. The molecule has 2 fully saturated rings. The molecule has 2 aliphatic heterocycles. The Bertz CT molecular complexity index is 512. The van der Waals surface area contributed by atoms with Gasteiger partial charge in [0.15, 0.2) is 8.32 Å². The Hall–Kier alpha value is 0.627. The molecule has 0 bridgehead atoms. The highest BCUT2D eigenvalue weighted by atomic mass is 32.5. The van der Waals surface area contributed by atoms with Gasteiger partial charge in [-0.15, -0.1) is 0 Å². The van der Waals surface area contributed by atoms with E-state index >= 15 is 0 Å². The van der Waals surface area contributed by atoms with Crippen molar-refractivity contribution in [3.8, 4) is 0 Å². The first-order valence-corrected chi connectivity index (χ1v) is 15.0. The monoisotopic (exact) mass is 426 g/mol. The van der Waals surface area contributed by atoms with Crippen LogP contribution in [0.15, 0.2) is 0 Å². The van der Waals surface area contributed by atoms with Crippen LogP contribution < -0.4 is 0 Å². The maximum absolute atomic E-state index is 10.4. The number of hydrogen-bond donors (Lipinski definition) is 1. The zero-order valence-corrected chi connectivity index (χ0v) is 19.6. The molecule has 0 aromatic carbocycles. The minimum absolute atomic E-state index is 0.0227. The molecule has 6 nitrogen and oxygen atoms in total. The predicted molar refractivity (Wildman–Crippen MR) is 108 cm³/mol. The van der Waals surface area contributed by atoms with Gasteiger partial charge >= 0.3 is 6.72 Å². The van der Waals surface area contributed by atoms with Gasteiger partial charge in [0.1, 0.15) is 6.10 Å². The Balaban J connectivity index is 1.88. The lowest BCUT2D eigenvalue weighted by Crippen LogP contribution is -2.46. The van der Waals surface area contributed by atoms with Crippen LogP contribution in [0.4, 0.5) is 0 Å². The molecule has 2 rings (SSSR count). The van der Waals surface area contributed by atoms with Gasteiger partial charge in [0.25, 0.3) is 0 Å². The summed E-state index contributed by atoms with van der Waals surface area (Å²) >= 11 is 5.20. The number of ether oxygens (including phenoxy) is 2. The highest BCUT2D eigenvalue weighted by molar-refractivity contribution is 8.07. The summed E-state index contributed by atoms with van der Waals surface area (Å²) in [6, 6.07) is 0. The average Bonchev–Trinajstić information content (AvgIpc) is 3.12. The van der Waals surface area contributed by atoms with Gasteiger partial charge in [-0.05, 0) is 42.8 Å². The summed E-state index contributed by atoms with van der Waals surface area (Å²) in [7, 11) is -1.89. The van der Waals surface area contributed by atoms with Crippen molar-refractivity contribution in [3.63, 3.8) is 0 Å². The molecule has 0 spiro atoms. The van der Waals surface area contributed by atoms with Crippen molar-refractivity contribution in [2.45, 2.75) is 89.5 Å². The largest absolute Gasteiger partial charge is 0.411 e. The molecule has 9 heteroatoms. The van der Waals surface area contributed by atoms with Crippen LogP contribution in [0.5, 0.6) is 0 Å². The summed E-state index contributed by atoms with van der Waals surface area (Å²) in [5, 5.41) is 0.132. The van der Waals surface area contributed by atoms with Gasteiger partial charge in [-0.25, -0.2) is 0 Å². The second-order valence-electron chi connectivity index (χ2n) is 8.63.